The molecule has 4 aromatic carbocycles. The van der Waals surface area contributed by atoms with Gasteiger partial charge in [-0.25, -0.2) is 4.98 Å². The summed E-state index contributed by atoms with van der Waals surface area (Å²) in [7, 11) is 0. The third-order valence-corrected chi connectivity index (χ3v) is 6.65. The van der Waals surface area contributed by atoms with E-state index in [-0.39, 0.29) is 0 Å². The Balaban J connectivity index is 1.45. The first-order valence-electron chi connectivity index (χ1n) is 12.7. The number of pyridine rings is 2. The van der Waals surface area contributed by atoms with E-state index in [0.29, 0.717) is 13.2 Å². The molecule has 2 heterocycles. The van der Waals surface area contributed by atoms with Crippen molar-refractivity contribution in [3.63, 3.8) is 0 Å². The summed E-state index contributed by atoms with van der Waals surface area (Å²) < 4.78 is 6.10. The van der Waals surface area contributed by atoms with Crippen LogP contribution in [0, 0.1) is 0 Å². The summed E-state index contributed by atoms with van der Waals surface area (Å²) in [5, 5.41) is 0.994. The molecule has 0 amide bonds. The van der Waals surface area contributed by atoms with E-state index in [0.717, 1.165) is 61.4 Å². The number of hydrogen-bond acceptors (Lipinski definition) is 4. The summed E-state index contributed by atoms with van der Waals surface area (Å²) >= 11 is 0. The van der Waals surface area contributed by atoms with Gasteiger partial charge in [0.1, 0.15) is 12.4 Å². The maximum absolute atomic E-state index is 6.10. The van der Waals surface area contributed by atoms with Crippen LogP contribution in [-0.4, -0.2) is 9.97 Å². The molecule has 4 nitrogen and oxygen atoms in total. The molecule has 2 aromatic heterocycles. The maximum atomic E-state index is 6.10. The van der Waals surface area contributed by atoms with Crippen molar-refractivity contribution in [1.29, 1.82) is 0 Å². The lowest BCUT2D eigenvalue weighted by atomic mass is 9.95. The summed E-state index contributed by atoms with van der Waals surface area (Å²) in [6, 6.07) is 41.2. The Labute approximate surface area is 222 Å². The molecule has 0 radical (unpaired) electrons. The van der Waals surface area contributed by atoms with E-state index in [2.05, 4.69) is 72.8 Å². The van der Waals surface area contributed by atoms with Gasteiger partial charge in [0.2, 0.25) is 0 Å². The molecule has 0 unspecified atom stereocenters. The Morgan fingerprint density at radius 2 is 1.34 bits per heavy atom. The second-order valence-electron chi connectivity index (χ2n) is 9.18. The summed E-state index contributed by atoms with van der Waals surface area (Å²) in [5.41, 5.74) is 15.0. The highest BCUT2D eigenvalue weighted by Crippen LogP contribution is 2.36. The number of ether oxygens (including phenoxy) is 1. The molecule has 0 atom stereocenters. The lowest BCUT2D eigenvalue weighted by molar-refractivity contribution is 0.306. The van der Waals surface area contributed by atoms with E-state index < -0.39 is 0 Å². The second kappa shape index (κ2) is 10.7. The molecule has 6 rings (SSSR count). The number of aromatic nitrogens is 2. The van der Waals surface area contributed by atoms with Crippen LogP contribution in [0.15, 0.2) is 128 Å². The van der Waals surface area contributed by atoms with Gasteiger partial charge in [-0.15, -0.1) is 0 Å². The zero-order valence-corrected chi connectivity index (χ0v) is 20.9. The Hall–Kier alpha value is -4.80. The van der Waals surface area contributed by atoms with Crippen LogP contribution in [0.25, 0.3) is 44.5 Å². The zero-order valence-electron chi connectivity index (χ0n) is 20.9. The Bertz CT molecular complexity index is 1680. The summed E-state index contributed by atoms with van der Waals surface area (Å²) in [6.07, 6.45) is 1.83. The van der Waals surface area contributed by atoms with Gasteiger partial charge in [0, 0.05) is 34.8 Å². The van der Waals surface area contributed by atoms with Crippen molar-refractivity contribution < 1.29 is 4.74 Å². The maximum Gasteiger partial charge on any atom is 0.120 e. The third kappa shape index (κ3) is 4.90. The minimum absolute atomic E-state index is 0.513. The summed E-state index contributed by atoms with van der Waals surface area (Å²) in [5.74, 6) is 0.804. The molecule has 184 valence electrons. The minimum atomic E-state index is 0.513. The fraction of sp³-hybridized carbons (Fsp3) is 0.0588. The predicted octanol–water partition coefficient (Wildman–Crippen LogP) is 7.67. The molecule has 0 aliphatic rings. The van der Waals surface area contributed by atoms with Gasteiger partial charge < -0.3 is 10.5 Å². The highest BCUT2D eigenvalue weighted by Gasteiger charge is 2.15. The topological polar surface area (TPSA) is 61.0 Å². The van der Waals surface area contributed by atoms with Gasteiger partial charge in [-0.3, -0.25) is 4.98 Å². The van der Waals surface area contributed by atoms with Crippen LogP contribution in [0.4, 0.5) is 0 Å². The molecule has 6 aromatic rings. The molecule has 38 heavy (non-hydrogen) atoms. The molecule has 0 saturated heterocycles. The van der Waals surface area contributed by atoms with E-state index in [1.165, 1.54) is 0 Å². The van der Waals surface area contributed by atoms with Crippen molar-refractivity contribution in [3.8, 4) is 39.4 Å². The quantitative estimate of drug-likeness (QED) is 0.248. The van der Waals surface area contributed by atoms with Gasteiger partial charge in [-0.2, -0.15) is 0 Å². The fourth-order valence-corrected chi connectivity index (χ4v) is 4.66. The van der Waals surface area contributed by atoms with Crippen molar-refractivity contribution in [2.75, 3.05) is 0 Å². The van der Waals surface area contributed by atoms with Crippen molar-refractivity contribution >= 4 is 10.9 Å². The lowest BCUT2D eigenvalue weighted by Crippen LogP contribution is -1.97. The molecule has 0 aliphatic heterocycles. The molecule has 4 heteroatoms. The molecule has 0 saturated carbocycles. The van der Waals surface area contributed by atoms with E-state index >= 15 is 0 Å². The van der Waals surface area contributed by atoms with Crippen LogP contribution >= 0.6 is 0 Å². The molecular weight excluding hydrogens is 466 g/mol. The fourth-order valence-electron chi connectivity index (χ4n) is 4.66. The molecule has 0 bridgehead atoms. The largest absolute Gasteiger partial charge is 0.489 e. The summed E-state index contributed by atoms with van der Waals surface area (Å²) in [4.78, 5) is 9.95. The summed E-state index contributed by atoms with van der Waals surface area (Å²) in [6.45, 7) is 1.03. The van der Waals surface area contributed by atoms with Crippen molar-refractivity contribution in [2.24, 2.45) is 5.73 Å². The Morgan fingerprint density at radius 1 is 0.605 bits per heavy atom. The van der Waals surface area contributed by atoms with Crippen LogP contribution in [0.5, 0.6) is 5.75 Å². The van der Waals surface area contributed by atoms with Gasteiger partial charge in [0.25, 0.3) is 0 Å². The first-order chi connectivity index (χ1) is 18.8. The van der Waals surface area contributed by atoms with Crippen LogP contribution in [0.2, 0.25) is 0 Å². The van der Waals surface area contributed by atoms with Crippen molar-refractivity contribution in [2.45, 2.75) is 13.2 Å². The highest BCUT2D eigenvalue weighted by molar-refractivity contribution is 5.98. The van der Waals surface area contributed by atoms with Gasteiger partial charge >= 0.3 is 0 Å². The first-order valence-corrected chi connectivity index (χ1v) is 12.7. The lowest BCUT2D eigenvalue weighted by Gasteiger charge is -2.14. The van der Waals surface area contributed by atoms with E-state index in [1.807, 2.05) is 54.7 Å². The van der Waals surface area contributed by atoms with E-state index in [1.54, 1.807) is 0 Å². The molecule has 0 spiro atoms. The average Bonchev–Trinajstić information content (AvgIpc) is 3.00. The van der Waals surface area contributed by atoms with Gasteiger partial charge in [0.15, 0.2) is 0 Å². The second-order valence-corrected chi connectivity index (χ2v) is 9.18. The number of rotatable bonds is 7. The van der Waals surface area contributed by atoms with Gasteiger partial charge in [-0.1, -0.05) is 97.1 Å². The molecule has 0 fully saturated rings. The van der Waals surface area contributed by atoms with Crippen LogP contribution < -0.4 is 10.5 Å². The van der Waals surface area contributed by atoms with Crippen molar-refractivity contribution in [1.82, 2.24) is 9.97 Å². The van der Waals surface area contributed by atoms with Crippen molar-refractivity contribution in [3.05, 3.63) is 139 Å². The smallest absolute Gasteiger partial charge is 0.120 e. The van der Waals surface area contributed by atoms with E-state index in [4.69, 9.17) is 20.4 Å². The van der Waals surface area contributed by atoms with Crippen LogP contribution in [-0.2, 0) is 13.2 Å². The highest BCUT2D eigenvalue weighted by atomic mass is 16.5. The third-order valence-electron chi connectivity index (χ3n) is 6.65. The number of benzene rings is 4. The number of hydrogen-bond donors (Lipinski definition) is 1. The number of nitrogens with two attached hydrogens (primary N) is 1. The number of fused-ring (bicyclic) bond motifs is 1. The molecular formula is C34H27N3O. The SMILES string of the molecule is NCc1ccc(-c2nc3ccnc(-c4cccc(OCc5ccccc5)c4)c3cc2-c2ccccc2)cc1. The minimum Gasteiger partial charge on any atom is -0.489 e. The zero-order chi connectivity index (χ0) is 25.7. The molecule has 0 aliphatic carbocycles. The normalized spacial score (nSPS) is 11.0. The van der Waals surface area contributed by atoms with E-state index in [9.17, 15) is 0 Å². The Morgan fingerprint density at radius 3 is 2.11 bits per heavy atom. The average molecular weight is 494 g/mol. The predicted molar refractivity (Wildman–Crippen MR) is 155 cm³/mol. The molecule has 2 N–H and O–H groups in total. The Kier molecular flexibility index (Phi) is 6.62. The standard InChI is InChI=1S/C34H27N3O/c35-22-24-14-16-27(17-15-24)34-30(26-10-5-2-6-11-26)21-31-32(37-34)18-19-36-33(31)28-12-7-13-29(20-28)38-23-25-8-3-1-4-9-25/h1-21H,22-23,35H2. The first kappa shape index (κ1) is 23.6. The van der Waals surface area contributed by atoms with Gasteiger partial charge in [0.05, 0.1) is 16.9 Å². The monoisotopic (exact) mass is 493 g/mol. The van der Waals surface area contributed by atoms with Gasteiger partial charge in [-0.05, 0) is 41.0 Å². The van der Waals surface area contributed by atoms with Crippen LogP contribution in [0.3, 0.4) is 0 Å². The number of nitrogens with zero attached hydrogens (tertiary/aromatic N) is 2. The van der Waals surface area contributed by atoms with Crippen LogP contribution in [0.1, 0.15) is 11.1 Å².